The number of sulfonamides is 1. The van der Waals surface area contributed by atoms with Gasteiger partial charge in [-0.05, 0) is 25.0 Å². The lowest BCUT2D eigenvalue weighted by atomic mass is 10.1. The van der Waals surface area contributed by atoms with Crippen LogP contribution in [0, 0.1) is 11.6 Å². The fourth-order valence-corrected chi connectivity index (χ4v) is 3.27. The molecule has 0 aliphatic carbocycles. The van der Waals surface area contributed by atoms with Gasteiger partial charge in [-0.3, -0.25) is 0 Å². The van der Waals surface area contributed by atoms with Gasteiger partial charge < -0.3 is 10.5 Å². The first-order valence-corrected chi connectivity index (χ1v) is 7.23. The topological polar surface area (TPSA) is 81.4 Å². The molecule has 106 valence electrons. The molecule has 0 radical (unpaired) electrons. The summed E-state index contributed by atoms with van der Waals surface area (Å²) in [6.07, 6.45) is 1.30. The van der Waals surface area contributed by atoms with E-state index in [0.29, 0.717) is 19.4 Å². The zero-order valence-electron chi connectivity index (χ0n) is 10.0. The predicted octanol–water partition coefficient (Wildman–Crippen LogP) is 1.00. The van der Waals surface area contributed by atoms with Crippen molar-refractivity contribution in [2.24, 2.45) is 0 Å². The zero-order chi connectivity index (χ0) is 14.0. The van der Waals surface area contributed by atoms with Crippen molar-refractivity contribution in [2.45, 2.75) is 23.8 Å². The maximum Gasteiger partial charge on any atom is 0.244 e. The minimum absolute atomic E-state index is 0.154. The summed E-state index contributed by atoms with van der Waals surface area (Å²) < 4.78 is 58.1. The van der Waals surface area contributed by atoms with Crippen LogP contribution in [0.5, 0.6) is 0 Å². The van der Waals surface area contributed by atoms with E-state index in [1.54, 1.807) is 0 Å². The fraction of sp³-hybridized carbons (Fsp3) is 0.455. The Labute approximate surface area is 109 Å². The van der Waals surface area contributed by atoms with Crippen molar-refractivity contribution in [3.05, 3.63) is 23.8 Å². The highest BCUT2D eigenvalue weighted by atomic mass is 32.2. The van der Waals surface area contributed by atoms with Gasteiger partial charge in [0.2, 0.25) is 10.0 Å². The van der Waals surface area contributed by atoms with E-state index in [-0.39, 0.29) is 12.3 Å². The summed E-state index contributed by atoms with van der Waals surface area (Å²) in [5.74, 6) is -2.72. The maximum atomic E-state index is 13.6. The monoisotopic (exact) mass is 292 g/mol. The summed E-state index contributed by atoms with van der Waals surface area (Å²) in [4.78, 5) is -0.782. The van der Waals surface area contributed by atoms with E-state index in [4.69, 9.17) is 10.5 Å². The third-order valence-corrected chi connectivity index (χ3v) is 4.31. The van der Waals surface area contributed by atoms with Gasteiger partial charge in [0.05, 0.1) is 6.61 Å². The molecule has 1 aliphatic heterocycles. The second-order valence-electron chi connectivity index (χ2n) is 4.35. The summed E-state index contributed by atoms with van der Waals surface area (Å²) in [6.45, 7) is 0.783. The smallest absolute Gasteiger partial charge is 0.244 e. The molecule has 3 N–H and O–H groups in total. The van der Waals surface area contributed by atoms with Crippen LogP contribution in [-0.2, 0) is 14.8 Å². The van der Waals surface area contributed by atoms with Gasteiger partial charge in [-0.2, -0.15) is 0 Å². The molecule has 1 aromatic rings. The standard InChI is InChI=1S/C11H14F2N2O3S/c12-9-4-7(14)5-10(11(9)13)19(16,17)15-8-2-1-3-18-6-8/h4-5,8,15H,1-3,6,14H2. The van der Waals surface area contributed by atoms with Crippen LogP contribution in [0.3, 0.4) is 0 Å². The SMILES string of the molecule is Nc1cc(F)c(F)c(S(=O)(=O)NC2CCCOC2)c1. The molecule has 8 heteroatoms. The maximum absolute atomic E-state index is 13.6. The Kier molecular flexibility index (Phi) is 4.02. The van der Waals surface area contributed by atoms with E-state index in [9.17, 15) is 17.2 Å². The van der Waals surface area contributed by atoms with E-state index < -0.39 is 32.6 Å². The van der Waals surface area contributed by atoms with Crippen LogP contribution in [0.25, 0.3) is 0 Å². The summed E-state index contributed by atoms with van der Waals surface area (Å²) >= 11 is 0. The molecule has 19 heavy (non-hydrogen) atoms. The molecule has 0 aromatic heterocycles. The lowest BCUT2D eigenvalue weighted by Gasteiger charge is -2.23. The van der Waals surface area contributed by atoms with Crippen LogP contribution < -0.4 is 10.5 Å². The summed E-state index contributed by atoms with van der Waals surface area (Å²) in [6, 6.07) is 1.19. The molecule has 0 bridgehead atoms. The highest BCUT2D eigenvalue weighted by molar-refractivity contribution is 7.89. The third kappa shape index (κ3) is 3.20. The molecule has 1 aliphatic rings. The number of ether oxygens (including phenoxy) is 1. The number of hydrogen-bond acceptors (Lipinski definition) is 4. The van der Waals surface area contributed by atoms with Crippen molar-refractivity contribution in [3.8, 4) is 0 Å². The van der Waals surface area contributed by atoms with Crippen LogP contribution >= 0.6 is 0 Å². The minimum Gasteiger partial charge on any atom is -0.399 e. The van der Waals surface area contributed by atoms with E-state index in [1.807, 2.05) is 0 Å². The van der Waals surface area contributed by atoms with Crippen LogP contribution in [0.2, 0.25) is 0 Å². The molecule has 1 aromatic carbocycles. The Bertz CT molecular complexity index is 572. The molecule has 1 heterocycles. The highest BCUT2D eigenvalue weighted by Crippen LogP contribution is 2.22. The highest BCUT2D eigenvalue weighted by Gasteiger charge is 2.26. The number of anilines is 1. The van der Waals surface area contributed by atoms with Crippen LogP contribution in [0.4, 0.5) is 14.5 Å². The van der Waals surface area contributed by atoms with Gasteiger partial charge in [-0.1, -0.05) is 0 Å². The minimum atomic E-state index is -4.16. The summed E-state index contributed by atoms with van der Waals surface area (Å²) in [7, 11) is -4.16. The first kappa shape index (κ1) is 14.2. The van der Waals surface area contributed by atoms with Crippen molar-refractivity contribution < 1.29 is 21.9 Å². The van der Waals surface area contributed by atoms with E-state index in [1.165, 1.54) is 0 Å². The molecule has 1 fully saturated rings. The number of benzene rings is 1. The molecule has 1 unspecified atom stereocenters. The van der Waals surface area contributed by atoms with Gasteiger partial charge in [-0.15, -0.1) is 0 Å². The van der Waals surface area contributed by atoms with Gasteiger partial charge in [0.15, 0.2) is 11.6 Å². The lowest BCUT2D eigenvalue weighted by molar-refractivity contribution is 0.0774. The molecule has 0 saturated carbocycles. The lowest BCUT2D eigenvalue weighted by Crippen LogP contribution is -2.40. The number of nitrogens with one attached hydrogen (secondary N) is 1. The van der Waals surface area contributed by atoms with Crippen LogP contribution in [-0.4, -0.2) is 27.7 Å². The second-order valence-corrected chi connectivity index (χ2v) is 6.03. The van der Waals surface area contributed by atoms with Crippen molar-refractivity contribution >= 4 is 15.7 Å². The molecule has 0 spiro atoms. The van der Waals surface area contributed by atoms with Crippen molar-refractivity contribution in [1.29, 1.82) is 0 Å². The molecule has 2 rings (SSSR count). The number of rotatable bonds is 3. The van der Waals surface area contributed by atoms with Crippen molar-refractivity contribution in [2.75, 3.05) is 18.9 Å². The first-order valence-electron chi connectivity index (χ1n) is 5.75. The Morgan fingerprint density at radius 2 is 2.11 bits per heavy atom. The quantitative estimate of drug-likeness (QED) is 0.815. The Morgan fingerprint density at radius 3 is 2.74 bits per heavy atom. The normalized spacial score (nSPS) is 20.4. The number of halogens is 2. The van der Waals surface area contributed by atoms with Crippen molar-refractivity contribution in [3.63, 3.8) is 0 Å². The van der Waals surface area contributed by atoms with Crippen LogP contribution in [0.15, 0.2) is 17.0 Å². The number of nitrogen functional groups attached to an aromatic ring is 1. The van der Waals surface area contributed by atoms with Gasteiger partial charge in [-0.25, -0.2) is 21.9 Å². The van der Waals surface area contributed by atoms with Crippen molar-refractivity contribution in [1.82, 2.24) is 4.72 Å². The van der Waals surface area contributed by atoms with E-state index in [0.717, 1.165) is 12.1 Å². The summed E-state index contributed by atoms with van der Waals surface area (Å²) in [5, 5.41) is 0. The molecule has 0 amide bonds. The molecular formula is C11H14F2N2O3S. The van der Waals surface area contributed by atoms with Gasteiger partial charge >= 0.3 is 0 Å². The molecular weight excluding hydrogens is 278 g/mol. The van der Waals surface area contributed by atoms with Gasteiger partial charge in [0.1, 0.15) is 4.90 Å². The molecule has 5 nitrogen and oxygen atoms in total. The third-order valence-electron chi connectivity index (χ3n) is 2.79. The largest absolute Gasteiger partial charge is 0.399 e. The Morgan fingerprint density at radius 1 is 1.37 bits per heavy atom. The van der Waals surface area contributed by atoms with E-state index in [2.05, 4.69) is 4.72 Å². The average molecular weight is 292 g/mol. The second kappa shape index (κ2) is 5.40. The molecule has 1 saturated heterocycles. The fourth-order valence-electron chi connectivity index (χ4n) is 1.90. The van der Waals surface area contributed by atoms with Gasteiger partial charge in [0.25, 0.3) is 0 Å². The average Bonchev–Trinajstić information content (AvgIpc) is 2.34. The van der Waals surface area contributed by atoms with E-state index >= 15 is 0 Å². The summed E-state index contributed by atoms with van der Waals surface area (Å²) in [5.41, 5.74) is 5.18. The first-order chi connectivity index (χ1) is 8.90. The Hall–Kier alpha value is -1.25. The van der Waals surface area contributed by atoms with Gasteiger partial charge in [0, 0.05) is 18.3 Å². The number of hydrogen-bond donors (Lipinski definition) is 2. The molecule has 1 atom stereocenters. The predicted molar refractivity (Wildman–Crippen MR) is 64.9 cm³/mol. The Balaban J connectivity index is 2.28. The van der Waals surface area contributed by atoms with Crippen LogP contribution in [0.1, 0.15) is 12.8 Å². The number of nitrogens with two attached hydrogens (primary N) is 1. The zero-order valence-corrected chi connectivity index (χ0v) is 10.8.